The first kappa shape index (κ1) is 18.4. The van der Waals surface area contributed by atoms with E-state index >= 15 is 0 Å². The van der Waals surface area contributed by atoms with Gasteiger partial charge in [-0.1, -0.05) is 0 Å². The summed E-state index contributed by atoms with van der Waals surface area (Å²) in [6, 6.07) is 7.60. The van der Waals surface area contributed by atoms with Crippen molar-refractivity contribution < 1.29 is 17.9 Å². The summed E-state index contributed by atoms with van der Waals surface area (Å²) in [5, 5.41) is 2.18. The molecule has 3 aliphatic heterocycles. The normalized spacial score (nSPS) is 21.4. The maximum Gasteiger partial charge on any atom is 0.243 e. The number of rotatable bonds is 3. The number of sulfonamides is 1. The quantitative estimate of drug-likeness (QED) is 0.764. The average Bonchev–Trinajstić information content (AvgIpc) is 3.21. The lowest BCUT2D eigenvalue weighted by molar-refractivity contribution is 0.127. The van der Waals surface area contributed by atoms with Gasteiger partial charge in [-0.25, -0.2) is 8.42 Å². The molecule has 1 fully saturated rings. The Morgan fingerprint density at radius 1 is 1.00 bits per heavy atom. The van der Waals surface area contributed by atoms with Gasteiger partial charge in [0.15, 0.2) is 11.5 Å². The molecule has 4 heterocycles. The number of piperidine rings is 1. The Labute approximate surface area is 169 Å². The third-order valence-corrected chi connectivity index (χ3v) is 8.85. The second kappa shape index (κ2) is 7.33. The molecule has 1 aromatic carbocycles. The zero-order chi connectivity index (χ0) is 19.1. The number of nitrogens with zero attached hydrogens (tertiary/aromatic N) is 2. The molecule has 150 valence electrons. The van der Waals surface area contributed by atoms with Crippen molar-refractivity contribution >= 4 is 21.4 Å². The van der Waals surface area contributed by atoms with E-state index < -0.39 is 10.0 Å². The van der Waals surface area contributed by atoms with Crippen molar-refractivity contribution in [2.75, 3.05) is 32.8 Å². The summed E-state index contributed by atoms with van der Waals surface area (Å²) >= 11 is 1.85. The Bertz CT molecular complexity index is 964. The van der Waals surface area contributed by atoms with Crippen molar-refractivity contribution in [1.82, 2.24) is 9.21 Å². The monoisotopic (exact) mass is 420 g/mol. The van der Waals surface area contributed by atoms with E-state index in [-0.39, 0.29) is 4.90 Å². The van der Waals surface area contributed by atoms with E-state index in [1.54, 1.807) is 22.5 Å². The van der Waals surface area contributed by atoms with E-state index in [9.17, 15) is 8.42 Å². The maximum atomic E-state index is 13.1. The van der Waals surface area contributed by atoms with Gasteiger partial charge in [-0.2, -0.15) is 4.31 Å². The van der Waals surface area contributed by atoms with E-state index in [4.69, 9.17) is 9.47 Å². The molecule has 0 radical (unpaired) electrons. The molecule has 0 bridgehead atoms. The molecule has 28 heavy (non-hydrogen) atoms. The number of fused-ring (bicyclic) bond motifs is 2. The highest BCUT2D eigenvalue weighted by Gasteiger charge is 2.33. The van der Waals surface area contributed by atoms with Gasteiger partial charge in [-0.3, -0.25) is 4.90 Å². The molecule has 0 unspecified atom stereocenters. The highest BCUT2D eigenvalue weighted by Crippen LogP contribution is 2.34. The first-order valence-corrected chi connectivity index (χ1v) is 12.1. The van der Waals surface area contributed by atoms with Crippen LogP contribution in [0.2, 0.25) is 0 Å². The second-order valence-corrected chi connectivity index (χ2v) is 10.5. The van der Waals surface area contributed by atoms with Crippen molar-refractivity contribution in [1.29, 1.82) is 0 Å². The van der Waals surface area contributed by atoms with Crippen LogP contribution in [0.25, 0.3) is 0 Å². The molecule has 6 nitrogen and oxygen atoms in total. The summed E-state index contributed by atoms with van der Waals surface area (Å²) in [6.45, 7) is 4.15. The van der Waals surface area contributed by atoms with Gasteiger partial charge in [0.1, 0.15) is 13.2 Å². The van der Waals surface area contributed by atoms with Crippen molar-refractivity contribution in [3.05, 3.63) is 40.1 Å². The van der Waals surface area contributed by atoms with Crippen LogP contribution in [0.3, 0.4) is 0 Å². The molecule has 1 saturated heterocycles. The molecule has 0 amide bonds. The summed E-state index contributed by atoms with van der Waals surface area (Å²) in [5.74, 6) is 1.13. The minimum absolute atomic E-state index is 0.288. The lowest BCUT2D eigenvalue weighted by atomic mass is 10.0. The van der Waals surface area contributed by atoms with Gasteiger partial charge < -0.3 is 9.47 Å². The zero-order valence-electron chi connectivity index (χ0n) is 15.7. The minimum Gasteiger partial charge on any atom is -0.486 e. The molecule has 8 heteroatoms. The SMILES string of the molecule is O=S(=O)(c1ccc2c(c1)OCCO2)N1CCC(N2CCc3sccc3C2)CC1. The second-order valence-electron chi connectivity index (χ2n) is 7.53. The van der Waals surface area contributed by atoms with Crippen LogP contribution in [0, 0.1) is 0 Å². The molecule has 0 aliphatic carbocycles. The Hall–Kier alpha value is -1.61. The number of ether oxygens (including phenoxy) is 2. The van der Waals surface area contributed by atoms with Gasteiger partial charge >= 0.3 is 0 Å². The van der Waals surface area contributed by atoms with E-state index in [2.05, 4.69) is 16.3 Å². The number of hydrogen-bond acceptors (Lipinski definition) is 6. The highest BCUT2D eigenvalue weighted by atomic mass is 32.2. The summed E-state index contributed by atoms with van der Waals surface area (Å²) in [5.41, 5.74) is 1.45. The van der Waals surface area contributed by atoms with Crippen LogP contribution < -0.4 is 9.47 Å². The van der Waals surface area contributed by atoms with Gasteiger partial charge in [-0.15, -0.1) is 11.3 Å². The number of hydrogen-bond donors (Lipinski definition) is 0. The molecule has 0 atom stereocenters. The van der Waals surface area contributed by atoms with Crippen LogP contribution in [0.5, 0.6) is 11.5 Å². The zero-order valence-corrected chi connectivity index (χ0v) is 17.3. The average molecular weight is 421 g/mol. The Balaban J connectivity index is 1.26. The fourth-order valence-corrected chi connectivity index (χ4v) is 6.74. The largest absolute Gasteiger partial charge is 0.486 e. The summed E-state index contributed by atoms with van der Waals surface area (Å²) in [7, 11) is -3.51. The van der Waals surface area contributed by atoms with Gasteiger partial charge in [0.05, 0.1) is 4.90 Å². The Morgan fingerprint density at radius 3 is 2.61 bits per heavy atom. The first-order chi connectivity index (χ1) is 13.6. The highest BCUT2D eigenvalue weighted by molar-refractivity contribution is 7.89. The van der Waals surface area contributed by atoms with E-state index in [1.165, 1.54) is 10.4 Å². The fraction of sp³-hybridized carbons (Fsp3) is 0.500. The van der Waals surface area contributed by atoms with E-state index in [1.807, 2.05) is 11.3 Å². The molecule has 5 rings (SSSR count). The van der Waals surface area contributed by atoms with Crippen molar-refractivity contribution in [3.63, 3.8) is 0 Å². The van der Waals surface area contributed by atoms with Crippen LogP contribution in [0.4, 0.5) is 0 Å². The van der Waals surface area contributed by atoms with Gasteiger partial charge in [0.2, 0.25) is 10.0 Å². The third-order valence-electron chi connectivity index (χ3n) is 5.93. The number of thiophene rings is 1. The molecule has 0 N–H and O–H groups in total. The Kier molecular flexibility index (Phi) is 4.82. The molecular weight excluding hydrogens is 396 g/mol. The van der Waals surface area contributed by atoms with E-state index in [0.29, 0.717) is 43.8 Å². The summed E-state index contributed by atoms with van der Waals surface area (Å²) < 4.78 is 38.9. The van der Waals surface area contributed by atoms with Crippen molar-refractivity contribution in [2.24, 2.45) is 0 Å². The first-order valence-electron chi connectivity index (χ1n) is 9.80. The third kappa shape index (κ3) is 3.32. The van der Waals surface area contributed by atoms with Crippen LogP contribution in [0.15, 0.2) is 34.5 Å². The molecular formula is C20H24N2O4S2. The molecule has 1 aromatic heterocycles. The molecule has 0 spiro atoms. The van der Waals surface area contributed by atoms with Gasteiger partial charge in [0.25, 0.3) is 0 Å². The van der Waals surface area contributed by atoms with Crippen LogP contribution in [-0.2, 0) is 23.0 Å². The van der Waals surface area contributed by atoms with E-state index in [0.717, 1.165) is 32.4 Å². The molecule has 2 aromatic rings. The number of benzene rings is 1. The van der Waals surface area contributed by atoms with Crippen LogP contribution in [-0.4, -0.2) is 56.5 Å². The smallest absolute Gasteiger partial charge is 0.243 e. The standard InChI is InChI=1S/C20H24N2O4S2/c23-28(24,17-1-2-18-19(13-17)26-11-10-25-18)22-8-3-16(4-9-22)21-7-5-20-15(14-21)6-12-27-20/h1-2,6,12-13,16H,3-5,7-11,14H2. The minimum atomic E-state index is -3.51. The van der Waals surface area contributed by atoms with Crippen LogP contribution in [0.1, 0.15) is 23.3 Å². The van der Waals surface area contributed by atoms with Crippen molar-refractivity contribution in [2.45, 2.75) is 36.7 Å². The molecule has 3 aliphatic rings. The van der Waals surface area contributed by atoms with Gasteiger partial charge in [-0.05, 0) is 48.4 Å². The maximum absolute atomic E-state index is 13.1. The van der Waals surface area contributed by atoms with Crippen molar-refractivity contribution in [3.8, 4) is 11.5 Å². The summed E-state index contributed by atoms with van der Waals surface area (Å²) in [4.78, 5) is 4.33. The topological polar surface area (TPSA) is 59.1 Å². The van der Waals surface area contributed by atoms with Gasteiger partial charge in [0, 0.05) is 43.2 Å². The predicted octanol–water partition coefficient (Wildman–Crippen LogP) is 2.73. The lowest BCUT2D eigenvalue weighted by Crippen LogP contribution is -2.47. The summed E-state index contributed by atoms with van der Waals surface area (Å²) in [6.07, 6.45) is 2.87. The lowest BCUT2D eigenvalue weighted by Gasteiger charge is -2.39. The molecule has 0 saturated carbocycles. The Morgan fingerprint density at radius 2 is 1.79 bits per heavy atom. The fourth-order valence-electron chi connectivity index (χ4n) is 4.36. The predicted molar refractivity (Wildman–Crippen MR) is 108 cm³/mol. The van der Waals surface area contributed by atoms with Crippen LogP contribution >= 0.6 is 11.3 Å².